The Hall–Kier alpha value is -6.31. The molecule has 0 aliphatic rings. The summed E-state index contributed by atoms with van der Waals surface area (Å²) in [6.07, 6.45) is -4.54. The molecule has 0 fully saturated rings. The molecule has 0 atom stereocenters. The molecule has 8 rings (SSSR count). The molecule has 4 nitrogen and oxygen atoms in total. The predicted octanol–water partition coefficient (Wildman–Crippen LogP) is 11.3. The first-order valence-corrected chi connectivity index (χ1v) is 14.9. The van der Waals surface area contributed by atoms with Crippen LogP contribution in [0.2, 0.25) is 0 Å². The molecule has 47 heavy (non-hydrogen) atoms. The molecule has 0 spiro atoms. The molecule has 2 aromatic heterocycles. The van der Waals surface area contributed by atoms with Crippen LogP contribution in [0.25, 0.3) is 71.0 Å². The van der Waals surface area contributed by atoms with Gasteiger partial charge in [0.15, 0.2) is 0 Å². The van der Waals surface area contributed by atoms with Gasteiger partial charge in [0.2, 0.25) is 5.69 Å². The molecule has 8 aromatic rings. The smallest absolute Gasteiger partial charge is 0.319 e. The first-order chi connectivity index (χ1) is 22.8. The van der Waals surface area contributed by atoms with Crippen molar-refractivity contribution < 1.29 is 13.2 Å². The lowest BCUT2D eigenvalue weighted by Crippen LogP contribution is -2.05. The number of halogens is 3. The highest BCUT2D eigenvalue weighted by Crippen LogP contribution is 2.46. The van der Waals surface area contributed by atoms with Crippen molar-refractivity contribution in [1.29, 1.82) is 5.26 Å². The molecule has 0 N–H and O–H groups in total. The molecular weight excluding hydrogens is 593 g/mol. The molecule has 0 aliphatic heterocycles. The number of hydrogen-bond acceptors (Lipinski definition) is 1. The third-order valence-electron chi connectivity index (χ3n) is 8.84. The molecule has 0 amide bonds. The Balaban J connectivity index is 1.57. The van der Waals surface area contributed by atoms with Crippen molar-refractivity contribution in [2.45, 2.75) is 13.1 Å². The van der Waals surface area contributed by atoms with E-state index >= 15 is 0 Å². The molecule has 0 radical (unpaired) electrons. The second-order valence-electron chi connectivity index (χ2n) is 11.6. The van der Waals surface area contributed by atoms with Crippen LogP contribution < -0.4 is 0 Å². The summed E-state index contributed by atoms with van der Waals surface area (Å²) >= 11 is 0. The van der Waals surface area contributed by atoms with E-state index in [1.807, 2.05) is 73.7 Å². The number of fused-ring (bicyclic) bond motifs is 6. The van der Waals surface area contributed by atoms with Gasteiger partial charge < -0.3 is 9.13 Å². The average molecular weight is 617 g/mol. The quantitative estimate of drug-likeness (QED) is 0.182. The fourth-order valence-corrected chi connectivity index (χ4v) is 6.80. The van der Waals surface area contributed by atoms with Crippen LogP contribution >= 0.6 is 0 Å². The molecule has 0 unspecified atom stereocenters. The Bertz CT molecular complexity index is 2660. The van der Waals surface area contributed by atoms with Gasteiger partial charge in [-0.25, -0.2) is 4.85 Å². The van der Waals surface area contributed by atoms with Crippen LogP contribution in [0.5, 0.6) is 0 Å². The first kappa shape index (κ1) is 28.2. The zero-order chi connectivity index (χ0) is 32.4. The van der Waals surface area contributed by atoms with E-state index in [1.54, 1.807) is 22.8 Å². The number of rotatable bonds is 3. The van der Waals surface area contributed by atoms with Crippen molar-refractivity contribution >= 4 is 49.3 Å². The van der Waals surface area contributed by atoms with Gasteiger partial charge in [-0.3, -0.25) is 0 Å². The maximum atomic E-state index is 14.0. The van der Waals surface area contributed by atoms with Crippen molar-refractivity contribution in [2.24, 2.45) is 0 Å². The SMILES string of the molecule is [C-]#[N+]c1c(-n2c3ccccc3c3ccc(C(F)(F)F)cc32)ccc(-c2cccc(C#N)c2)c1-n1c2ccccc2c2ccc(C)cc21. The number of alkyl halides is 3. The van der Waals surface area contributed by atoms with E-state index in [0.29, 0.717) is 33.4 Å². The molecule has 0 saturated heterocycles. The van der Waals surface area contributed by atoms with E-state index in [2.05, 4.69) is 33.7 Å². The fourth-order valence-electron chi connectivity index (χ4n) is 6.80. The summed E-state index contributed by atoms with van der Waals surface area (Å²) < 4.78 is 46.0. The minimum Gasteiger partial charge on any atom is -0.319 e. The van der Waals surface area contributed by atoms with Crippen LogP contribution in [0.15, 0.2) is 121 Å². The fraction of sp³-hybridized carbons (Fsp3) is 0.0500. The van der Waals surface area contributed by atoms with Gasteiger partial charge in [-0.05, 0) is 72.1 Å². The van der Waals surface area contributed by atoms with Crippen LogP contribution in [-0.2, 0) is 6.18 Å². The van der Waals surface area contributed by atoms with Crippen molar-refractivity contribution in [3.05, 3.63) is 149 Å². The lowest BCUT2D eigenvalue weighted by Gasteiger charge is -2.20. The summed E-state index contributed by atoms with van der Waals surface area (Å²) in [5.74, 6) is 0. The van der Waals surface area contributed by atoms with Crippen LogP contribution in [0.3, 0.4) is 0 Å². The Morgan fingerprint density at radius 2 is 1.30 bits per heavy atom. The van der Waals surface area contributed by atoms with Crippen LogP contribution in [0.4, 0.5) is 18.9 Å². The second-order valence-corrected chi connectivity index (χ2v) is 11.6. The summed E-state index contributed by atoms with van der Waals surface area (Å²) in [5, 5.41) is 13.2. The van der Waals surface area contributed by atoms with E-state index < -0.39 is 11.7 Å². The van der Waals surface area contributed by atoms with E-state index in [-0.39, 0.29) is 5.69 Å². The van der Waals surface area contributed by atoms with Crippen molar-refractivity contribution in [3.63, 3.8) is 0 Å². The maximum Gasteiger partial charge on any atom is 0.416 e. The minimum atomic E-state index is -4.54. The van der Waals surface area contributed by atoms with E-state index in [1.165, 1.54) is 6.07 Å². The number of para-hydroxylation sites is 2. The minimum absolute atomic E-state index is 0.272. The summed E-state index contributed by atoms with van der Waals surface area (Å²) in [4.78, 5) is 4.15. The lowest BCUT2D eigenvalue weighted by molar-refractivity contribution is -0.137. The second kappa shape index (κ2) is 10.4. The molecule has 6 aromatic carbocycles. The summed E-state index contributed by atoms with van der Waals surface area (Å²) in [5.41, 5.74) is 6.36. The Kier molecular flexibility index (Phi) is 6.22. The summed E-state index contributed by atoms with van der Waals surface area (Å²) in [6.45, 7) is 10.7. The largest absolute Gasteiger partial charge is 0.416 e. The number of hydrogen-bond donors (Lipinski definition) is 0. The van der Waals surface area contributed by atoms with Gasteiger partial charge in [0, 0.05) is 21.5 Å². The normalized spacial score (nSPS) is 11.8. The van der Waals surface area contributed by atoms with Gasteiger partial charge in [0.25, 0.3) is 0 Å². The van der Waals surface area contributed by atoms with E-state index in [4.69, 9.17) is 6.57 Å². The van der Waals surface area contributed by atoms with E-state index in [9.17, 15) is 18.4 Å². The zero-order valence-corrected chi connectivity index (χ0v) is 25.0. The Morgan fingerprint density at radius 1 is 0.660 bits per heavy atom. The molecule has 7 heteroatoms. The van der Waals surface area contributed by atoms with Crippen molar-refractivity contribution in [3.8, 4) is 28.6 Å². The number of aromatic nitrogens is 2. The number of nitrogens with zero attached hydrogens (tertiary/aromatic N) is 4. The van der Waals surface area contributed by atoms with Gasteiger partial charge >= 0.3 is 6.18 Å². The summed E-state index contributed by atoms with van der Waals surface area (Å²) in [7, 11) is 0. The van der Waals surface area contributed by atoms with Gasteiger partial charge in [0.05, 0.1) is 57.2 Å². The van der Waals surface area contributed by atoms with Crippen LogP contribution in [0.1, 0.15) is 16.7 Å². The highest BCUT2D eigenvalue weighted by Gasteiger charge is 2.32. The molecule has 0 aliphatic carbocycles. The monoisotopic (exact) mass is 616 g/mol. The number of aryl methyl sites for hydroxylation is 1. The third-order valence-corrected chi connectivity index (χ3v) is 8.84. The average Bonchev–Trinajstić information content (AvgIpc) is 3.59. The molecule has 0 saturated carbocycles. The van der Waals surface area contributed by atoms with E-state index in [0.717, 1.165) is 56.0 Å². The number of benzene rings is 6. The third kappa shape index (κ3) is 4.29. The van der Waals surface area contributed by atoms with Gasteiger partial charge in [-0.1, -0.05) is 72.8 Å². The van der Waals surface area contributed by atoms with Gasteiger partial charge in [0.1, 0.15) is 0 Å². The Morgan fingerprint density at radius 3 is 1.98 bits per heavy atom. The zero-order valence-electron chi connectivity index (χ0n) is 25.0. The Labute approximate surface area is 267 Å². The van der Waals surface area contributed by atoms with Crippen LogP contribution in [-0.4, -0.2) is 9.13 Å². The van der Waals surface area contributed by atoms with Gasteiger partial charge in [-0.15, -0.1) is 0 Å². The first-order valence-electron chi connectivity index (χ1n) is 14.9. The topological polar surface area (TPSA) is 38.0 Å². The standard InChI is InChI=1S/C40H23F3N4/c1-24-14-16-31-30-11-4-6-13-34(30)47(36(31)20-24)39-28(26-9-7-8-25(21-26)23-44)18-19-35(38(39)45-2)46-33-12-5-3-10-29(33)32-17-15-27(22-37(32)46)40(41,42)43/h3-22H,1H3. The predicted molar refractivity (Wildman–Crippen MR) is 181 cm³/mol. The van der Waals surface area contributed by atoms with Crippen molar-refractivity contribution in [2.75, 3.05) is 0 Å². The number of nitriles is 1. The van der Waals surface area contributed by atoms with Crippen LogP contribution in [0, 0.1) is 24.8 Å². The summed E-state index contributed by atoms with van der Waals surface area (Å²) in [6, 6.07) is 38.6. The molecular formula is C40H23F3N4. The molecule has 2 heterocycles. The van der Waals surface area contributed by atoms with Gasteiger partial charge in [-0.2, -0.15) is 18.4 Å². The maximum absolute atomic E-state index is 14.0. The lowest BCUT2D eigenvalue weighted by atomic mass is 9.99. The van der Waals surface area contributed by atoms with Crippen molar-refractivity contribution in [1.82, 2.24) is 9.13 Å². The highest BCUT2D eigenvalue weighted by atomic mass is 19.4. The highest BCUT2D eigenvalue weighted by molar-refractivity contribution is 6.12. The molecule has 224 valence electrons. The molecule has 0 bridgehead atoms.